The Kier molecular flexibility index (Phi) is 4.85. The minimum absolute atomic E-state index is 0.167. The third kappa shape index (κ3) is 3.77. The van der Waals surface area contributed by atoms with Crippen LogP contribution in [0.4, 0.5) is 0 Å². The summed E-state index contributed by atoms with van der Waals surface area (Å²) in [7, 11) is 0. The van der Waals surface area contributed by atoms with Gasteiger partial charge >= 0.3 is 0 Å². The lowest BCUT2D eigenvalue weighted by molar-refractivity contribution is -0.0137. The highest BCUT2D eigenvalue weighted by molar-refractivity contribution is 5.92. The van der Waals surface area contributed by atoms with E-state index in [0.717, 1.165) is 5.69 Å². The molecule has 3 heterocycles. The first-order chi connectivity index (χ1) is 11.6. The highest BCUT2D eigenvalue weighted by Gasteiger charge is 2.30. The van der Waals surface area contributed by atoms with Gasteiger partial charge in [-0.1, -0.05) is 0 Å². The molecule has 1 aliphatic rings. The Labute approximate surface area is 138 Å². The molecule has 1 aliphatic heterocycles. The van der Waals surface area contributed by atoms with Gasteiger partial charge in [-0.25, -0.2) is 4.98 Å². The number of carbonyl (C=O) groups is 1. The Bertz CT molecular complexity index is 759. The predicted molar refractivity (Wildman–Crippen MR) is 84.9 cm³/mol. The van der Waals surface area contributed by atoms with Crippen LogP contribution in [0.15, 0.2) is 35.5 Å². The lowest BCUT2D eigenvalue weighted by Crippen LogP contribution is -2.52. The Morgan fingerprint density at radius 1 is 1.42 bits per heavy atom. The zero-order valence-electron chi connectivity index (χ0n) is 13.2. The van der Waals surface area contributed by atoms with E-state index in [0.29, 0.717) is 25.4 Å². The van der Waals surface area contributed by atoms with Gasteiger partial charge in [0.2, 0.25) is 0 Å². The Balaban J connectivity index is 1.70. The van der Waals surface area contributed by atoms with Crippen LogP contribution in [-0.4, -0.2) is 46.2 Å². The van der Waals surface area contributed by atoms with Crippen molar-refractivity contribution in [1.82, 2.24) is 20.3 Å². The van der Waals surface area contributed by atoms with Crippen LogP contribution in [0.25, 0.3) is 0 Å². The number of H-pyrrole nitrogens is 1. The molecule has 2 N–H and O–H groups in total. The van der Waals surface area contributed by atoms with Crippen molar-refractivity contribution in [2.24, 2.45) is 0 Å². The maximum atomic E-state index is 12.3. The third-order valence-electron chi connectivity index (χ3n) is 3.72. The minimum atomic E-state index is -0.528. The van der Waals surface area contributed by atoms with E-state index in [9.17, 15) is 9.59 Å². The lowest BCUT2D eigenvalue weighted by Gasteiger charge is -2.32. The maximum Gasteiger partial charge on any atom is 0.279 e. The number of aromatic amines is 1. The third-order valence-corrected chi connectivity index (χ3v) is 3.72. The van der Waals surface area contributed by atoms with E-state index < -0.39 is 11.5 Å². The van der Waals surface area contributed by atoms with E-state index >= 15 is 0 Å². The number of amides is 1. The highest BCUT2D eigenvalue weighted by Crippen LogP contribution is 2.17. The van der Waals surface area contributed by atoms with E-state index in [1.165, 1.54) is 12.4 Å². The number of carbonyl (C=O) groups excluding carboxylic acids is 1. The van der Waals surface area contributed by atoms with Crippen LogP contribution in [-0.2, 0) is 4.74 Å². The summed E-state index contributed by atoms with van der Waals surface area (Å²) in [6.45, 7) is 2.74. The van der Waals surface area contributed by atoms with Crippen molar-refractivity contribution in [3.63, 3.8) is 0 Å². The second kappa shape index (κ2) is 7.22. The largest absolute Gasteiger partial charge is 0.484 e. The van der Waals surface area contributed by atoms with Gasteiger partial charge in [0.05, 0.1) is 18.8 Å². The van der Waals surface area contributed by atoms with Crippen LogP contribution < -0.4 is 15.6 Å². The first-order valence-electron chi connectivity index (χ1n) is 7.65. The Hall–Kier alpha value is -2.74. The molecule has 8 nitrogen and oxygen atoms in total. The SMILES string of the molecule is Cc1ccc(O[C@@H]2COCC[C@@H]2NC(=O)c2ncc[nH]c2=O)cn1. The molecule has 0 aromatic carbocycles. The summed E-state index contributed by atoms with van der Waals surface area (Å²) in [5.74, 6) is 0.0745. The Morgan fingerprint density at radius 2 is 2.29 bits per heavy atom. The van der Waals surface area contributed by atoms with Crippen LogP contribution in [0.3, 0.4) is 0 Å². The quantitative estimate of drug-likeness (QED) is 0.842. The minimum Gasteiger partial charge on any atom is -0.484 e. The molecule has 8 heteroatoms. The fourth-order valence-electron chi connectivity index (χ4n) is 2.44. The molecule has 24 heavy (non-hydrogen) atoms. The van der Waals surface area contributed by atoms with Gasteiger partial charge in [0.15, 0.2) is 5.69 Å². The van der Waals surface area contributed by atoms with E-state index in [1.54, 1.807) is 6.20 Å². The molecule has 2 aromatic rings. The fourth-order valence-corrected chi connectivity index (χ4v) is 2.44. The number of rotatable bonds is 4. The summed E-state index contributed by atoms with van der Waals surface area (Å²) in [5.41, 5.74) is 0.198. The molecular formula is C16H18N4O4. The normalized spacial score (nSPS) is 20.4. The summed E-state index contributed by atoms with van der Waals surface area (Å²) in [4.78, 5) is 34.4. The van der Waals surface area contributed by atoms with Crippen LogP contribution in [0.2, 0.25) is 0 Å². The standard InChI is InChI=1S/C16H18N4O4/c1-10-2-3-11(8-19-10)24-13-9-23-7-4-12(13)20-16(22)14-15(21)18-6-5-17-14/h2-3,5-6,8,12-13H,4,7,9H2,1H3,(H,18,21)(H,20,22)/t12-,13+/m0/s1. The summed E-state index contributed by atoms with van der Waals surface area (Å²) >= 11 is 0. The molecule has 0 saturated carbocycles. The molecule has 3 rings (SSSR count). The van der Waals surface area contributed by atoms with E-state index in [-0.39, 0.29) is 17.8 Å². The van der Waals surface area contributed by atoms with Crippen molar-refractivity contribution in [3.05, 3.63) is 52.5 Å². The predicted octanol–water partition coefficient (Wildman–Crippen LogP) is 0.440. The molecule has 1 fully saturated rings. The average Bonchev–Trinajstić information content (AvgIpc) is 2.59. The molecule has 0 spiro atoms. The molecule has 0 aliphatic carbocycles. The highest BCUT2D eigenvalue weighted by atomic mass is 16.5. The number of ether oxygens (including phenoxy) is 2. The molecule has 1 amide bonds. The number of pyridine rings is 1. The molecule has 0 unspecified atom stereocenters. The first-order valence-corrected chi connectivity index (χ1v) is 7.65. The second-order valence-corrected chi connectivity index (χ2v) is 5.50. The lowest BCUT2D eigenvalue weighted by atomic mass is 10.1. The number of nitrogens with zero attached hydrogens (tertiary/aromatic N) is 2. The van der Waals surface area contributed by atoms with Gasteiger partial charge in [-0.05, 0) is 25.5 Å². The fraction of sp³-hybridized carbons (Fsp3) is 0.375. The van der Waals surface area contributed by atoms with Gasteiger partial charge in [0, 0.05) is 24.7 Å². The Morgan fingerprint density at radius 3 is 3.04 bits per heavy atom. The first kappa shape index (κ1) is 16.1. The van der Waals surface area contributed by atoms with Gasteiger partial charge in [-0.2, -0.15) is 0 Å². The van der Waals surface area contributed by atoms with Gasteiger partial charge in [-0.15, -0.1) is 0 Å². The molecule has 126 valence electrons. The second-order valence-electron chi connectivity index (χ2n) is 5.50. The molecule has 2 aromatic heterocycles. The monoisotopic (exact) mass is 330 g/mol. The molecule has 2 atom stereocenters. The topological polar surface area (TPSA) is 106 Å². The van der Waals surface area contributed by atoms with Crippen LogP contribution in [0, 0.1) is 6.92 Å². The maximum absolute atomic E-state index is 12.3. The number of hydrogen-bond donors (Lipinski definition) is 2. The summed E-state index contributed by atoms with van der Waals surface area (Å²) in [6.07, 6.45) is 4.60. The van der Waals surface area contributed by atoms with Crippen molar-refractivity contribution in [2.45, 2.75) is 25.5 Å². The van der Waals surface area contributed by atoms with Crippen molar-refractivity contribution in [2.75, 3.05) is 13.2 Å². The van der Waals surface area contributed by atoms with Gasteiger partial charge in [0.1, 0.15) is 11.9 Å². The molecular weight excluding hydrogens is 312 g/mol. The average molecular weight is 330 g/mol. The van der Waals surface area contributed by atoms with E-state index in [1.807, 2.05) is 19.1 Å². The van der Waals surface area contributed by atoms with Crippen LogP contribution in [0.1, 0.15) is 22.6 Å². The number of nitrogens with one attached hydrogen (secondary N) is 2. The molecule has 1 saturated heterocycles. The van der Waals surface area contributed by atoms with Gasteiger partial charge in [-0.3, -0.25) is 14.6 Å². The van der Waals surface area contributed by atoms with E-state index in [2.05, 4.69) is 20.3 Å². The number of hydrogen-bond acceptors (Lipinski definition) is 6. The van der Waals surface area contributed by atoms with Gasteiger partial charge < -0.3 is 19.8 Å². The number of aromatic nitrogens is 3. The smallest absolute Gasteiger partial charge is 0.279 e. The van der Waals surface area contributed by atoms with Crippen molar-refractivity contribution in [1.29, 1.82) is 0 Å². The van der Waals surface area contributed by atoms with Crippen molar-refractivity contribution < 1.29 is 14.3 Å². The molecule has 0 radical (unpaired) electrons. The summed E-state index contributed by atoms with van der Waals surface area (Å²) in [6, 6.07) is 3.38. The number of aryl methyl sites for hydroxylation is 1. The van der Waals surface area contributed by atoms with E-state index in [4.69, 9.17) is 9.47 Å². The summed E-state index contributed by atoms with van der Waals surface area (Å²) < 4.78 is 11.3. The van der Waals surface area contributed by atoms with Crippen molar-refractivity contribution >= 4 is 5.91 Å². The van der Waals surface area contributed by atoms with Crippen molar-refractivity contribution in [3.8, 4) is 5.75 Å². The van der Waals surface area contributed by atoms with Gasteiger partial charge in [0.25, 0.3) is 11.5 Å². The molecule has 0 bridgehead atoms. The van der Waals surface area contributed by atoms with Crippen LogP contribution >= 0.6 is 0 Å². The summed E-state index contributed by atoms with van der Waals surface area (Å²) in [5, 5.41) is 2.81. The zero-order chi connectivity index (χ0) is 16.9. The zero-order valence-corrected chi connectivity index (χ0v) is 13.2. The van der Waals surface area contributed by atoms with Crippen LogP contribution in [0.5, 0.6) is 5.75 Å².